The summed E-state index contributed by atoms with van der Waals surface area (Å²) in [7, 11) is 0. The first-order valence-electron chi connectivity index (χ1n) is 7.70. The van der Waals surface area contributed by atoms with Gasteiger partial charge in [0.05, 0.1) is 6.61 Å². The summed E-state index contributed by atoms with van der Waals surface area (Å²) < 4.78 is 5.42. The molecule has 2 nitrogen and oxygen atoms in total. The van der Waals surface area contributed by atoms with Crippen LogP contribution in [0.5, 0.6) is 5.75 Å². The third kappa shape index (κ3) is 10.6. The molecule has 1 rings (SSSR count). The molecule has 0 saturated heterocycles. The van der Waals surface area contributed by atoms with Gasteiger partial charge in [0.25, 0.3) is 0 Å². The van der Waals surface area contributed by atoms with E-state index >= 15 is 0 Å². The molecule has 0 amide bonds. The van der Waals surface area contributed by atoms with E-state index in [1.807, 2.05) is 30.3 Å². The van der Waals surface area contributed by atoms with Crippen molar-refractivity contribution in [3.8, 4) is 5.75 Å². The molecule has 20 heavy (non-hydrogen) atoms. The van der Waals surface area contributed by atoms with Crippen LogP contribution in [0.2, 0.25) is 0 Å². The van der Waals surface area contributed by atoms with E-state index in [1.54, 1.807) is 0 Å². The van der Waals surface area contributed by atoms with E-state index in [0.717, 1.165) is 43.3 Å². The molecule has 0 unspecified atom stereocenters. The van der Waals surface area contributed by atoms with Crippen molar-refractivity contribution in [2.75, 3.05) is 19.7 Å². The van der Waals surface area contributed by atoms with Crippen LogP contribution in [0.25, 0.3) is 6.08 Å². The van der Waals surface area contributed by atoms with Crippen LogP contribution in [0.1, 0.15) is 46.1 Å². The fourth-order valence-electron chi connectivity index (χ4n) is 1.49. The molecule has 1 N–H and O–H groups in total. The second-order valence-corrected chi connectivity index (χ2v) is 5.22. The number of ether oxygens (including phenoxy) is 1. The number of hydrogen-bond acceptors (Lipinski definition) is 2. The second kappa shape index (κ2) is 12.7. The van der Waals surface area contributed by atoms with E-state index < -0.39 is 0 Å². The molecule has 1 aromatic rings. The lowest BCUT2D eigenvalue weighted by molar-refractivity contribution is 0.317. The molecule has 2 heteroatoms. The Morgan fingerprint density at radius 3 is 2.25 bits per heavy atom. The van der Waals surface area contributed by atoms with E-state index in [9.17, 15) is 0 Å². The van der Waals surface area contributed by atoms with Gasteiger partial charge in [0.1, 0.15) is 5.75 Å². The Balaban J connectivity index is 0.000000396. The maximum atomic E-state index is 5.42. The molecule has 0 atom stereocenters. The minimum atomic E-state index is 0.785. The summed E-state index contributed by atoms with van der Waals surface area (Å²) in [5.41, 5.74) is 1.12. The number of rotatable bonds is 8. The van der Waals surface area contributed by atoms with Crippen LogP contribution in [0.3, 0.4) is 0 Å². The number of nitrogens with one attached hydrogen (secondary N) is 1. The SMILES string of the molecule is C=Cc1ccc(OCCC)cc1.CCCNCC(C)C. The van der Waals surface area contributed by atoms with Gasteiger partial charge in [-0.2, -0.15) is 0 Å². The molecular weight excluding hydrogens is 246 g/mol. The van der Waals surface area contributed by atoms with E-state index in [1.165, 1.54) is 6.42 Å². The summed E-state index contributed by atoms with van der Waals surface area (Å²) in [5, 5.41) is 3.33. The summed E-state index contributed by atoms with van der Waals surface area (Å²) in [5.74, 6) is 1.73. The molecule has 0 spiro atoms. The van der Waals surface area contributed by atoms with Crippen LogP contribution in [-0.4, -0.2) is 19.7 Å². The highest BCUT2D eigenvalue weighted by Gasteiger charge is 1.91. The summed E-state index contributed by atoms with van der Waals surface area (Å²) in [6.45, 7) is 15.5. The van der Waals surface area contributed by atoms with Crippen molar-refractivity contribution in [3.05, 3.63) is 36.4 Å². The monoisotopic (exact) mass is 277 g/mol. The topological polar surface area (TPSA) is 21.3 Å². The van der Waals surface area contributed by atoms with Crippen LogP contribution < -0.4 is 10.1 Å². The third-order valence-corrected chi connectivity index (χ3v) is 2.57. The Labute approximate surface area is 125 Å². The molecule has 0 saturated carbocycles. The zero-order valence-corrected chi connectivity index (χ0v) is 13.6. The van der Waals surface area contributed by atoms with Crippen molar-refractivity contribution >= 4 is 6.08 Å². The van der Waals surface area contributed by atoms with E-state index in [4.69, 9.17) is 4.74 Å². The van der Waals surface area contributed by atoms with Crippen LogP contribution in [-0.2, 0) is 0 Å². The average molecular weight is 277 g/mol. The summed E-state index contributed by atoms with van der Waals surface area (Å²) >= 11 is 0. The first-order chi connectivity index (χ1) is 9.63. The largest absolute Gasteiger partial charge is 0.494 e. The Morgan fingerprint density at radius 2 is 1.80 bits per heavy atom. The van der Waals surface area contributed by atoms with Crippen molar-refractivity contribution in [1.82, 2.24) is 5.32 Å². The minimum absolute atomic E-state index is 0.785. The van der Waals surface area contributed by atoms with Crippen LogP contribution in [0, 0.1) is 5.92 Å². The fraction of sp³-hybridized carbons (Fsp3) is 0.556. The molecule has 0 heterocycles. The Morgan fingerprint density at radius 1 is 1.15 bits per heavy atom. The lowest BCUT2D eigenvalue weighted by Crippen LogP contribution is -2.19. The van der Waals surface area contributed by atoms with Crippen molar-refractivity contribution in [1.29, 1.82) is 0 Å². The van der Waals surface area contributed by atoms with Gasteiger partial charge in [-0.25, -0.2) is 0 Å². The van der Waals surface area contributed by atoms with Gasteiger partial charge in [0, 0.05) is 0 Å². The van der Waals surface area contributed by atoms with Gasteiger partial charge in [0.15, 0.2) is 0 Å². The van der Waals surface area contributed by atoms with E-state index in [2.05, 4.69) is 39.6 Å². The molecule has 0 radical (unpaired) electrons. The first-order valence-corrected chi connectivity index (χ1v) is 7.70. The molecular formula is C18H31NO. The number of hydrogen-bond donors (Lipinski definition) is 1. The smallest absolute Gasteiger partial charge is 0.119 e. The Hall–Kier alpha value is -1.28. The van der Waals surface area contributed by atoms with Gasteiger partial charge in [-0.05, 0) is 49.5 Å². The first kappa shape index (κ1) is 18.7. The van der Waals surface area contributed by atoms with Crippen molar-refractivity contribution < 1.29 is 4.74 Å². The lowest BCUT2D eigenvalue weighted by atomic mass is 10.2. The average Bonchev–Trinajstić information content (AvgIpc) is 2.46. The highest BCUT2D eigenvalue weighted by atomic mass is 16.5. The normalized spacial score (nSPS) is 9.85. The van der Waals surface area contributed by atoms with Crippen LogP contribution >= 0.6 is 0 Å². The van der Waals surface area contributed by atoms with Crippen LogP contribution in [0.15, 0.2) is 30.8 Å². The van der Waals surface area contributed by atoms with E-state index in [-0.39, 0.29) is 0 Å². The van der Waals surface area contributed by atoms with Gasteiger partial charge in [-0.3, -0.25) is 0 Å². The zero-order chi connectivity index (χ0) is 15.2. The lowest BCUT2D eigenvalue weighted by Gasteiger charge is -2.03. The maximum absolute atomic E-state index is 5.42. The molecule has 1 aromatic carbocycles. The Bertz CT molecular complexity index is 330. The quantitative estimate of drug-likeness (QED) is 0.692. The zero-order valence-electron chi connectivity index (χ0n) is 13.6. The minimum Gasteiger partial charge on any atom is -0.494 e. The third-order valence-electron chi connectivity index (χ3n) is 2.57. The standard InChI is InChI=1S/C11H14O.C7H17N/c1-3-9-12-11-7-5-10(4-2)6-8-11;1-4-5-8-6-7(2)3/h4-8H,2-3,9H2,1H3;7-8H,4-6H2,1-3H3. The summed E-state index contributed by atoms with van der Waals surface area (Å²) in [6.07, 6.45) is 4.11. The molecule has 0 aromatic heterocycles. The molecule has 0 fully saturated rings. The van der Waals surface area contributed by atoms with Crippen molar-refractivity contribution in [3.63, 3.8) is 0 Å². The molecule has 0 aliphatic rings. The van der Waals surface area contributed by atoms with Gasteiger partial charge < -0.3 is 10.1 Å². The van der Waals surface area contributed by atoms with E-state index in [0.29, 0.717) is 0 Å². The van der Waals surface area contributed by atoms with Crippen molar-refractivity contribution in [2.24, 2.45) is 5.92 Å². The van der Waals surface area contributed by atoms with Gasteiger partial charge >= 0.3 is 0 Å². The molecule has 0 aliphatic heterocycles. The molecule has 0 aliphatic carbocycles. The summed E-state index contributed by atoms with van der Waals surface area (Å²) in [4.78, 5) is 0. The number of benzene rings is 1. The Kier molecular flexibility index (Phi) is 11.9. The maximum Gasteiger partial charge on any atom is 0.119 e. The second-order valence-electron chi connectivity index (χ2n) is 5.22. The van der Waals surface area contributed by atoms with Gasteiger partial charge in [-0.15, -0.1) is 0 Å². The summed E-state index contributed by atoms with van der Waals surface area (Å²) in [6, 6.07) is 7.93. The van der Waals surface area contributed by atoms with Crippen molar-refractivity contribution in [2.45, 2.75) is 40.5 Å². The fourth-order valence-corrected chi connectivity index (χ4v) is 1.49. The predicted molar refractivity (Wildman–Crippen MR) is 90.3 cm³/mol. The van der Waals surface area contributed by atoms with Gasteiger partial charge in [0.2, 0.25) is 0 Å². The predicted octanol–water partition coefficient (Wildman–Crippen LogP) is 4.76. The van der Waals surface area contributed by atoms with Gasteiger partial charge in [-0.1, -0.05) is 52.5 Å². The molecule has 114 valence electrons. The molecule has 0 bridgehead atoms. The highest BCUT2D eigenvalue weighted by molar-refractivity contribution is 5.48. The van der Waals surface area contributed by atoms with Crippen LogP contribution in [0.4, 0.5) is 0 Å². The highest BCUT2D eigenvalue weighted by Crippen LogP contribution is 2.12.